The van der Waals surface area contributed by atoms with Crippen LogP contribution in [0.3, 0.4) is 0 Å². The van der Waals surface area contributed by atoms with E-state index in [1.165, 1.54) is 6.07 Å². The van der Waals surface area contributed by atoms with Crippen molar-refractivity contribution in [2.45, 2.75) is 0 Å². The summed E-state index contributed by atoms with van der Waals surface area (Å²) in [6, 6.07) is 10.0. The summed E-state index contributed by atoms with van der Waals surface area (Å²) in [7, 11) is 0. The van der Waals surface area contributed by atoms with E-state index >= 15 is 0 Å². The van der Waals surface area contributed by atoms with E-state index in [1.54, 1.807) is 22.8 Å². The number of rotatable bonds is 1. The molecule has 0 saturated carbocycles. The van der Waals surface area contributed by atoms with Gasteiger partial charge in [0.1, 0.15) is 5.82 Å². The van der Waals surface area contributed by atoms with Crippen molar-refractivity contribution in [2.24, 2.45) is 0 Å². The van der Waals surface area contributed by atoms with Crippen molar-refractivity contribution in [1.29, 1.82) is 0 Å². The highest BCUT2D eigenvalue weighted by Crippen LogP contribution is 2.30. The SMILES string of the molecule is Nc1nc2cccc(Cl)c2n1-c1ccc(F)c(Br)c1. The van der Waals surface area contributed by atoms with Crippen LogP contribution < -0.4 is 5.73 Å². The van der Waals surface area contributed by atoms with Crippen LogP contribution >= 0.6 is 27.5 Å². The van der Waals surface area contributed by atoms with Gasteiger partial charge >= 0.3 is 0 Å². The first-order valence-corrected chi connectivity index (χ1v) is 6.63. The number of nitrogen functional groups attached to an aromatic ring is 1. The number of halogens is 3. The van der Waals surface area contributed by atoms with Crippen LogP contribution in [-0.4, -0.2) is 9.55 Å². The predicted octanol–water partition coefficient (Wildman–Crippen LogP) is 4.16. The highest BCUT2D eigenvalue weighted by molar-refractivity contribution is 9.10. The minimum atomic E-state index is -0.335. The molecule has 2 N–H and O–H groups in total. The van der Waals surface area contributed by atoms with E-state index < -0.39 is 0 Å². The molecule has 0 aliphatic carbocycles. The maximum atomic E-state index is 13.3. The van der Waals surface area contributed by atoms with E-state index in [2.05, 4.69) is 20.9 Å². The zero-order chi connectivity index (χ0) is 13.6. The van der Waals surface area contributed by atoms with Gasteiger partial charge in [0.05, 0.1) is 26.2 Å². The van der Waals surface area contributed by atoms with E-state index in [-0.39, 0.29) is 5.82 Å². The van der Waals surface area contributed by atoms with Crippen molar-refractivity contribution >= 4 is 44.5 Å². The molecule has 0 saturated heterocycles. The molecule has 0 unspecified atom stereocenters. The first kappa shape index (κ1) is 12.4. The van der Waals surface area contributed by atoms with Gasteiger partial charge in [-0.1, -0.05) is 17.7 Å². The van der Waals surface area contributed by atoms with Crippen molar-refractivity contribution in [1.82, 2.24) is 9.55 Å². The second-order valence-electron chi connectivity index (χ2n) is 4.01. The highest BCUT2D eigenvalue weighted by Gasteiger charge is 2.13. The van der Waals surface area contributed by atoms with Gasteiger partial charge < -0.3 is 5.73 Å². The third-order valence-corrected chi connectivity index (χ3v) is 3.73. The van der Waals surface area contributed by atoms with Crippen LogP contribution in [0.1, 0.15) is 0 Å². The Morgan fingerprint density at radius 1 is 1.26 bits per heavy atom. The van der Waals surface area contributed by atoms with Crippen LogP contribution in [0, 0.1) is 5.82 Å². The number of benzene rings is 2. The standard InChI is InChI=1S/C13H8BrClFN3/c14-8-6-7(4-5-10(8)16)19-12-9(15)2-1-3-11(12)18-13(19)17/h1-6H,(H2,17,18). The second-order valence-corrected chi connectivity index (χ2v) is 5.27. The van der Waals surface area contributed by atoms with Gasteiger partial charge in [0.15, 0.2) is 0 Å². The summed E-state index contributed by atoms with van der Waals surface area (Å²) in [5.74, 6) is -0.0283. The lowest BCUT2D eigenvalue weighted by molar-refractivity contribution is 0.620. The molecule has 1 heterocycles. The number of nitrogens with two attached hydrogens (primary N) is 1. The maximum Gasteiger partial charge on any atom is 0.205 e. The third kappa shape index (κ3) is 1.99. The topological polar surface area (TPSA) is 43.8 Å². The smallest absolute Gasteiger partial charge is 0.205 e. The zero-order valence-electron chi connectivity index (χ0n) is 9.57. The number of nitrogens with zero attached hydrogens (tertiary/aromatic N) is 2. The molecule has 96 valence electrons. The molecule has 1 aromatic heterocycles. The number of anilines is 1. The molecule has 0 radical (unpaired) electrons. The monoisotopic (exact) mass is 339 g/mol. The van der Waals surface area contributed by atoms with Gasteiger partial charge in [0, 0.05) is 0 Å². The van der Waals surface area contributed by atoms with E-state index in [4.69, 9.17) is 17.3 Å². The van der Waals surface area contributed by atoms with Crippen LogP contribution in [0.4, 0.5) is 10.3 Å². The van der Waals surface area contributed by atoms with Crippen molar-refractivity contribution in [3.8, 4) is 5.69 Å². The van der Waals surface area contributed by atoms with Gasteiger partial charge in [0.2, 0.25) is 5.95 Å². The molecular weight excluding hydrogens is 333 g/mol. The van der Waals surface area contributed by atoms with Crippen LogP contribution in [-0.2, 0) is 0 Å². The number of hydrogen-bond acceptors (Lipinski definition) is 2. The Morgan fingerprint density at radius 3 is 2.79 bits per heavy atom. The fraction of sp³-hybridized carbons (Fsp3) is 0. The molecule has 0 aliphatic heterocycles. The quantitative estimate of drug-likeness (QED) is 0.723. The Bertz CT molecular complexity index is 785. The molecule has 3 aromatic rings. The maximum absolute atomic E-state index is 13.3. The normalized spacial score (nSPS) is 11.1. The summed E-state index contributed by atoms with van der Waals surface area (Å²) in [5, 5.41) is 0.544. The lowest BCUT2D eigenvalue weighted by Crippen LogP contribution is -2.01. The summed E-state index contributed by atoms with van der Waals surface area (Å²) in [5.41, 5.74) is 8.03. The van der Waals surface area contributed by atoms with Gasteiger partial charge in [-0.25, -0.2) is 9.37 Å². The Labute approximate surface area is 121 Å². The van der Waals surface area contributed by atoms with Crippen LogP contribution in [0.5, 0.6) is 0 Å². The predicted molar refractivity (Wildman–Crippen MR) is 78.2 cm³/mol. The van der Waals surface area contributed by atoms with E-state index in [1.807, 2.05) is 12.1 Å². The van der Waals surface area contributed by atoms with Crippen molar-refractivity contribution in [3.05, 3.63) is 51.7 Å². The fourth-order valence-corrected chi connectivity index (χ4v) is 2.61. The van der Waals surface area contributed by atoms with Gasteiger partial charge in [-0.05, 0) is 46.3 Å². The lowest BCUT2D eigenvalue weighted by atomic mass is 10.2. The molecule has 0 amide bonds. The van der Waals surface area contributed by atoms with Crippen molar-refractivity contribution < 1.29 is 4.39 Å². The number of fused-ring (bicyclic) bond motifs is 1. The van der Waals surface area contributed by atoms with Gasteiger partial charge in [-0.15, -0.1) is 0 Å². The van der Waals surface area contributed by atoms with Gasteiger partial charge in [0.25, 0.3) is 0 Å². The first-order valence-electron chi connectivity index (χ1n) is 5.46. The van der Waals surface area contributed by atoms with Crippen LogP contribution in [0.2, 0.25) is 5.02 Å². The van der Waals surface area contributed by atoms with Crippen LogP contribution in [0.25, 0.3) is 16.7 Å². The molecule has 2 aromatic carbocycles. The Morgan fingerprint density at radius 2 is 2.05 bits per heavy atom. The summed E-state index contributed by atoms with van der Waals surface area (Å²) < 4.78 is 15.4. The number of imidazole rings is 1. The largest absolute Gasteiger partial charge is 0.369 e. The highest BCUT2D eigenvalue weighted by atomic mass is 79.9. The molecule has 3 rings (SSSR count). The molecule has 3 nitrogen and oxygen atoms in total. The van der Waals surface area contributed by atoms with E-state index in [0.717, 1.165) is 0 Å². The third-order valence-electron chi connectivity index (χ3n) is 2.81. The molecule has 0 atom stereocenters. The van der Waals surface area contributed by atoms with E-state index in [9.17, 15) is 4.39 Å². The molecule has 19 heavy (non-hydrogen) atoms. The number of para-hydroxylation sites is 1. The van der Waals surface area contributed by atoms with Gasteiger partial charge in [-0.3, -0.25) is 4.57 Å². The number of aromatic nitrogens is 2. The molecule has 0 bridgehead atoms. The van der Waals surface area contributed by atoms with Crippen molar-refractivity contribution in [3.63, 3.8) is 0 Å². The minimum Gasteiger partial charge on any atom is -0.369 e. The van der Waals surface area contributed by atoms with Gasteiger partial charge in [-0.2, -0.15) is 0 Å². The molecule has 0 aliphatic rings. The molecular formula is C13H8BrClFN3. The average Bonchev–Trinajstić information content (AvgIpc) is 2.70. The molecule has 0 spiro atoms. The average molecular weight is 341 g/mol. The fourth-order valence-electron chi connectivity index (χ4n) is 1.99. The minimum absolute atomic E-state index is 0.307. The summed E-state index contributed by atoms with van der Waals surface area (Å²) >= 11 is 9.35. The lowest BCUT2D eigenvalue weighted by Gasteiger charge is -2.08. The molecule has 0 fully saturated rings. The van der Waals surface area contributed by atoms with Crippen molar-refractivity contribution in [2.75, 3.05) is 5.73 Å². The first-order chi connectivity index (χ1) is 9.08. The summed E-state index contributed by atoms with van der Waals surface area (Å²) in [6.45, 7) is 0. The summed E-state index contributed by atoms with van der Waals surface area (Å²) in [4.78, 5) is 4.25. The summed E-state index contributed by atoms with van der Waals surface area (Å²) in [6.07, 6.45) is 0. The van der Waals surface area contributed by atoms with Crippen LogP contribution in [0.15, 0.2) is 40.9 Å². The Kier molecular flexibility index (Phi) is 2.95. The zero-order valence-corrected chi connectivity index (χ0v) is 11.9. The number of hydrogen-bond donors (Lipinski definition) is 1. The molecule has 6 heteroatoms. The Hall–Kier alpha value is -1.59. The second kappa shape index (κ2) is 4.51. The van der Waals surface area contributed by atoms with E-state index in [0.29, 0.717) is 32.2 Å². The Balaban J connectivity index is 2.35.